The van der Waals surface area contributed by atoms with Gasteiger partial charge in [0.15, 0.2) is 27.8 Å². The van der Waals surface area contributed by atoms with Crippen LogP contribution in [-0.2, 0) is 96.3 Å². The highest BCUT2D eigenvalue weighted by Gasteiger charge is 2.44. The molecule has 13 aromatic rings. The lowest BCUT2D eigenvalue weighted by Crippen LogP contribution is -2.43. The standard InChI is InChI=1S/C11H9ClF3NO3S.C9H6ClNO2S.2C6H2Cl2N2O3S.C6H3ClN2O3S.C6H3ClN2O2S2.C5H2ClF3O3S.C5H6ClNO3S/c12-20(18,19)9-2-1-7-3-4-16(6-8(7)5-9)10(17)11(13,14)15;10-14(12,13)8-5-1-3-7-4-2-6-11-9(7)8;7-3-1-2-4-5(10-13-9-4)6(3)14(8,11)12;7-3-1-2-4(14(8,11)12)6-5(3)9-13-10-6;2*7-13(10,11)5-3-1-2-4-6(5)9-12-8-4;6-13(10,11)3-1-2-12-4(3)5(7,8)9;1-3-5(11(6,8)9)4(2)10-7-3/h1-2,5H,3-4,6H2;1-6H;2*1-2H;2*1-3H;1-2H;1-2H3. The molecule has 0 N–H and O–H groups in total. The third kappa shape index (κ3) is 24.4. The lowest BCUT2D eigenvalue weighted by Gasteiger charge is -2.29. The Kier molecular flexibility index (Phi) is 29.8. The van der Waals surface area contributed by atoms with Gasteiger partial charge in [-0.3, -0.25) is 9.78 Å². The monoisotopic (exact) mass is 1940 g/mol. The molecular weight excluding hydrogens is 1910 g/mol. The zero-order chi connectivity index (χ0) is 83.9. The van der Waals surface area contributed by atoms with Crippen LogP contribution in [0.15, 0.2) is 190 Å². The largest absolute Gasteiger partial charge is 0.471 e. The van der Waals surface area contributed by atoms with E-state index < -0.39 is 101 Å². The first-order chi connectivity index (χ1) is 51.5. The maximum absolute atomic E-state index is 12.4. The Morgan fingerprint density at radius 1 is 0.455 bits per heavy atom. The van der Waals surface area contributed by atoms with Gasteiger partial charge < -0.3 is 13.8 Å². The van der Waals surface area contributed by atoms with E-state index >= 15 is 0 Å². The SMILES string of the molecule is Cc1noc(C)c1S(=O)(=O)Cl.O=C(N1CCc2ccc(S(=O)(=O)Cl)cc2C1)C(F)(F)F.O=S(=O)(Cl)c1c(Cl)ccc2nonc12.O=S(=O)(Cl)c1ccc(Cl)c2nonc12.O=S(=O)(Cl)c1cccc2cccnc12.O=S(=O)(Cl)c1cccc2nonc12.O=S(=O)(Cl)c1cccc2nsnc12.O=S(=O)(Cl)c1ccoc1C(F)(F)F. The van der Waals surface area contributed by atoms with Gasteiger partial charge in [0.05, 0.1) is 38.4 Å². The van der Waals surface area contributed by atoms with Gasteiger partial charge in [-0.25, -0.2) is 81.2 Å². The number of hydrogen-bond donors (Lipinski definition) is 0. The minimum absolute atomic E-state index is 0.0109. The van der Waals surface area contributed by atoms with Gasteiger partial charge in [0.1, 0.15) is 62.0 Å². The van der Waals surface area contributed by atoms with E-state index in [4.69, 9.17) is 109 Å². The first-order valence-electron chi connectivity index (χ1n) is 28.2. The predicted molar refractivity (Wildman–Crippen MR) is 390 cm³/mol. The van der Waals surface area contributed by atoms with Crippen LogP contribution in [0.3, 0.4) is 0 Å². The first-order valence-corrected chi connectivity index (χ1v) is 48.2. The number of amides is 1. The molecule has 0 unspecified atom stereocenters. The van der Waals surface area contributed by atoms with Crippen molar-refractivity contribution in [1.29, 1.82) is 0 Å². The third-order valence-electron chi connectivity index (χ3n) is 13.4. The topological polar surface area (TPSA) is 488 Å². The summed E-state index contributed by atoms with van der Waals surface area (Å²) >= 11 is 12.4. The molecule has 1 amide bonds. The molecule has 0 fully saturated rings. The lowest BCUT2D eigenvalue weighted by molar-refractivity contribution is -0.186. The van der Waals surface area contributed by atoms with Crippen molar-refractivity contribution in [1.82, 2.24) is 54.7 Å². The van der Waals surface area contributed by atoms with Crippen molar-refractivity contribution in [2.24, 2.45) is 0 Å². The van der Waals surface area contributed by atoms with Crippen molar-refractivity contribution in [2.45, 2.75) is 78.3 Å². The smallest absolute Gasteiger partial charge is 0.458 e. The number of rotatable bonds is 8. The molecule has 112 heavy (non-hydrogen) atoms. The van der Waals surface area contributed by atoms with Crippen molar-refractivity contribution in [2.75, 3.05) is 6.54 Å². The summed E-state index contributed by atoms with van der Waals surface area (Å²) in [6, 6.07) is 27.6. The molecular formula is C54H33Cl10F6N11O22S9. The molecule has 33 nitrogen and oxygen atoms in total. The van der Waals surface area contributed by atoms with E-state index in [0.717, 1.165) is 17.1 Å². The Hall–Kier alpha value is -7.21. The Bertz CT molecular complexity index is 6560. The number of para-hydroxylation sites is 1. The Balaban J connectivity index is 0.000000179. The van der Waals surface area contributed by atoms with Crippen molar-refractivity contribution >= 4 is 254 Å². The van der Waals surface area contributed by atoms with Gasteiger partial charge >= 0.3 is 18.3 Å². The van der Waals surface area contributed by atoms with Gasteiger partial charge in [-0.2, -0.15) is 35.1 Å². The molecule has 0 spiro atoms. The first kappa shape index (κ1) is 92.0. The van der Waals surface area contributed by atoms with E-state index in [2.05, 4.69) is 72.7 Å². The number of alkyl halides is 6. The minimum Gasteiger partial charge on any atom is -0.458 e. The summed E-state index contributed by atoms with van der Waals surface area (Å²) in [6.07, 6.45) is -7.42. The average molecular weight is 1950 g/mol. The lowest BCUT2D eigenvalue weighted by atomic mass is 10.00. The highest BCUT2D eigenvalue weighted by atomic mass is 35.7. The van der Waals surface area contributed by atoms with Crippen LogP contribution >= 0.6 is 120 Å². The average Bonchev–Trinajstić information content (AvgIpc) is 1.57. The third-order valence-corrected chi connectivity index (χ3v) is 25.7. The van der Waals surface area contributed by atoms with Crippen LogP contribution in [0.2, 0.25) is 10.0 Å². The van der Waals surface area contributed by atoms with Gasteiger partial charge in [-0.15, -0.1) is 0 Å². The predicted octanol–water partition coefficient (Wildman–Crippen LogP) is 14.0. The van der Waals surface area contributed by atoms with E-state index in [1.165, 1.54) is 86.8 Å². The number of carbonyl (C=O) groups is 1. The van der Waals surface area contributed by atoms with Gasteiger partial charge in [-0.05, 0) is 141 Å². The van der Waals surface area contributed by atoms with Crippen LogP contribution in [0.25, 0.3) is 55.0 Å². The number of pyridine rings is 1. The van der Waals surface area contributed by atoms with E-state index in [-0.39, 0.29) is 103 Å². The molecule has 7 aromatic heterocycles. The maximum Gasteiger partial charge on any atom is 0.471 e. The zero-order valence-corrected chi connectivity index (χ0v) is 68.8. The van der Waals surface area contributed by atoms with Gasteiger partial charge in [0, 0.05) is 110 Å². The van der Waals surface area contributed by atoms with Crippen molar-refractivity contribution in [3.05, 3.63) is 166 Å². The molecule has 0 radical (unpaired) electrons. The summed E-state index contributed by atoms with van der Waals surface area (Å²) < 4.78 is 279. The van der Waals surface area contributed by atoms with E-state index in [0.29, 0.717) is 50.4 Å². The number of hydrogen-bond acceptors (Lipinski definition) is 33. The number of benzene rings is 6. The molecule has 0 bridgehead atoms. The fraction of sp³-hybridized carbons (Fsp3) is 0.130. The molecule has 1 aliphatic rings. The number of nitrogens with zero attached hydrogens (tertiary/aromatic N) is 11. The normalized spacial score (nSPS) is 12.9. The van der Waals surface area contributed by atoms with Crippen LogP contribution in [-0.4, -0.2) is 141 Å². The maximum atomic E-state index is 12.4. The zero-order valence-electron chi connectivity index (χ0n) is 53.9. The second-order valence-electron chi connectivity index (χ2n) is 20.8. The molecule has 0 saturated carbocycles. The number of carbonyl (C=O) groups excluding carboxylic acids is 1. The van der Waals surface area contributed by atoms with Gasteiger partial charge in [0.2, 0.25) is 5.76 Å². The quantitative estimate of drug-likeness (QED) is 0.101. The Morgan fingerprint density at radius 3 is 1.46 bits per heavy atom. The molecule has 0 atom stereocenters. The fourth-order valence-corrected chi connectivity index (χ4v) is 18.5. The van der Waals surface area contributed by atoms with Crippen LogP contribution in [0.5, 0.6) is 0 Å². The summed E-state index contributed by atoms with van der Waals surface area (Å²) in [5, 5.41) is 25.1. The van der Waals surface area contributed by atoms with E-state index in [1.54, 1.807) is 42.5 Å². The molecule has 1 aliphatic heterocycles. The summed E-state index contributed by atoms with van der Waals surface area (Å²) in [4.78, 5) is 14.0. The second kappa shape index (κ2) is 36.3. The molecule has 58 heteroatoms. The number of fused-ring (bicyclic) bond motifs is 6. The van der Waals surface area contributed by atoms with E-state index in [1.807, 2.05) is 0 Å². The van der Waals surface area contributed by atoms with E-state index in [9.17, 15) is 98.5 Å². The highest BCUT2D eigenvalue weighted by Crippen LogP contribution is 2.37. The van der Waals surface area contributed by atoms with Gasteiger partial charge in [0.25, 0.3) is 72.4 Å². The van der Waals surface area contributed by atoms with Crippen LogP contribution in [0, 0.1) is 13.8 Å². The van der Waals surface area contributed by atoms with Crippen LogP contribution in [0.1, 0.15) is 28.3 Å². The fourth-order valence-electron chi connectivity index (χ4n) is 8.83. The van der Waals surface area contributed by atoms with Gasteiger partial charge in [-0.1, -0.05) is 64.8 Å². The molecule has 8 heterocycles. The molecule has 0 aliphatic carbocycles. The Labute approximate surface area is 674 Å². The summed E-state index contributed by atoms with van der Waals surface area (Å²) in [5.41, 5.74) is 3.69. The van der Waals surface area contributed by atoms with Crippen LogP contribution < -0.4 is 0 Å². The highest BCUT2D eigenvalue weighted by molar-refractivity contribution is 8.16. The molecule has 14 rings (SSSR count). The van der Waals surface area contributed by atoms with Crippen LogP contribution in [0.4, 0.5) is 26.3 Å². The number of halogens is 16. The number of aryl methyl sites for hydroxylation is 2. The number of furan rings is 1. The summed E-state index contributed by atoms with van der Waals surface area (Å²) in [6.45, 7) is 2.67. The minimum atomic E-state index is -4.94. The molecule has 6 aromatic carbocycles. The van der Waals surface area contributed by atoms with Crippen molar-refractivity contribution in [3.63, 3.8) is 0 Å². The van der Waals surface area contributed by atoms with Crippen molar-refractivity contribution in [3.8, 4) is 0 Å². The number of aromatic nitrogens is 10. The summed E-state index contributed by atoms with van der Waals surface area (Å²) in [5.74, 6) is -3.32. The molecule has 0 saturated heterocycles. The Morgan fingerprint density at radius 2 is 0.946 bits per heavy atom. The summed E-state index contributed by atoms with van der Waals surface area (Å²) in [7, 11) is 9.84. The second-order valence-corrected chi connectivity index (χ2v) is 42.4. The van der Waals surface area contributed by atoms with Crippen molar-refractivity contribution < 1.29 is 121 Å². The molecule has 602 valence electrons.